The number of hydrogen-bond acceptors (Lipinski definition) is 9. The second-order valence-corrected chi connectivity index (χ2v) is 6.96. The van der Waals surface area contributed by atoms with Gasteiger partial charge in [-0.15, -0.1) is 0 Å². The third-order valence-corrected chi connectivity index (χ3v) is 4.40. The zero-order valence-corrected chi connectivity index (χ0v) is 17.1. The number of halogens is 1. The maximum atomic E-state index is 12.9. The molecule has 0 radical (unpaired) electrons. The molecule has 0 unspecified atom stereocenters. The largest absolute Gasteiger partial charge is 0.394 e. The topological polar surface area (TPSA) is 144 Å². The molecule has 1 atom stereocenters. The third-order valence-electron chi connectivity index (χ3n) is 4.40. The van der Waals surface area contributed by atoms with Gasteiger partial charge in [0.15, 0.2) is 11.6 Å². The molecule has 0 aromatic carbocycles. The number of nitrogens with zero attached hydrogens (tertiary/aromatic N) is 8. The van der Waals surface area contributed by atoms with Gasteiger partial charge in [-0.3, -0.25) is 9.48 Å². The summed E-state index contributed by atoms with van der Waals surface area (Å²) in [7, 11) is 1.76. The van der Waals surface area contributed by atoms with Gasteiger partial charge in [0, 0.05) is 49.6 Å². The van der Waals surface area contributed by atoms with Crippen LogP contribution in [0.1, 0.15) is 17.4 Å². The molecule has 11 nitrogen and oxygen atoms in total. The van der Waals surface area contributed by atoms with Crippen molar-refractivity contribution < 1.29 is 14.3 Å². The van der Waals surface area contributed by atoms with E-state index < -0.39 is 18.0 Å². The fourth-order valence-corrected chi connectivity index (χ4v) is 2.76. The Labute approximate surface area is 181 Å². The molecule has 12 heteroatoms. The fourth-order valence-electron chi connectivity index (χ4n) is 2.76. The summed E-state index contributed by atoms with van der Waals surface area (Å²) >= 11 is 0. The number of carbonyl (C=O) groups excluding carboxylic acids is 1. The molecule has 4 aromatic heterocycles. The number of rotatable bonds is 6. The zero-order valence-electron chi connectivity index (χ0n) is 17.1. The molecule has 162 valence electrons. The standard InChI is InChI=1S/C20H18FN9O2/c1-11(10-31)27-19(32)16-3-15(28-18(29-16)14-8-26-30(2)9-14)12-4-22-17(23-5-12)13-6-24-20(21)25-7-13/h3-9,11,31H,10H2,1-2H3,(H,27,32)/t11-/m0/s1. The van der Waals surface area contributed by atoms with Gasteiger partial charge < -0.3 is 10.4 Å². The molecule has 0 spiro atoms. The van der Waals surface area contributed by atoms with Gasteiger partial charge in [-0.25, -0.2) is 29.9 Å². The van der Waals surface area contributed by atoms with Crippen molar-refractivity contribution >= 4 is 5.91 Å². The van der Waals surface area contributed by atoms with Crippen LogP contribution in [-0.2, 0) is 7.05 Å². The van der Waals surface area contributed by atoms with Crippen LogP contribution in [0.4, 0.5) is 4.39 Å². The van der Waals surface area contributed by atoms with Gasteiger partial charge in [-0.1, -0.05) is 0 Å². The Bertz CT molecular complexity index is 1240. The van der Waals surface area contributed by atoms with E-state index in [4.69, 9.17) is 0 Å². The fraction of sp³-hybridized carbons (Fsp3) is 0.200. The second kappa shape index (κ2) is 8.89. The first-order valence-electron chi connectivity index (χ1n) is 9.53. The van der Waals surface area contributed by atoms with E-state index in [2.05, 4.69) is 40.3 Å². The highest BCUT2D eigenvalue weighted by atomic mass is 19.1. The van der Waals surface area contributed by atoms with Crippen LogP contribution in [0.3, 0.4) is 0 Å². The molecule has 0 saturated carbocycles. The van der Waals surface area contributed by atoms with Crippen LogP contribution >= 0.6 is 0 Å². The van der Waals surface area contributed by atoms with Gasteiger partial charge in [0.1, 0.15) is 5.69 Å². The molecule has 4 rings (SSSR count). The van der Waals surface area contributed by atoms with E-state index in [0.717, 1.165) is 0 Å². The van der Waals surface area contributed by atoms with Crippen molar-refractivity contribution in [3.8, 4) is 34.0 Å². The molecule has 0 aliphatic heterocycles. The maximum absolute atomic E-state index is 12.9. The van der Waals surface area contributed by atoms with Crippen LogP contribution in [0.2, 0.25) is 0 Å². The minimum Gasteiger partial charge on any atom is -0.394 e. The monoisotopic (exact) mass is 435 g/mol. The summed E-state index contributed by atoms with van der Waals surface area (Å²) < 4.78 is 14.5. The Morgan fingerprint density at radius 1 is 1.03 bits per heavy atom. The van der Waals surface area contributed by atoms with Gasteiger partial charge in [-0.05, 0) is 13.0 Å². The SMILES string of the molecule is C[C@@H](CO)NC(=O)c1cc(-c2cnc(-c3cnc(F)nc3)nc2)nc(-c2cnn(C)c2)n1. The highest BCUT2D eigenvalue weighted by Gasteiger charge is 2.17. The van der Waals surface area contributed by atoms with Crippen LogP contribution in [0.25, 0.3) is 34.0 Å². The number of hydrogen-bond donors (Lipinski definition) is 2. The Kier molecular flexibility index (Phi) is 5.85. The summed E-state index contributed by atoms with van der Waals surface area (Å²) in [6.07, 6.45) is 8.10. The molecule has 0 fully saturated rings. The molecule has 0 saturated heterocycles. The highest BCUT2D eigenvalue weighted by molar-refractivity contribution is 5.94. The highest BCUT2D eigenvalue weighted by Crippen LogP contribution is 2.23. The van der Waals surface area contributed by atoms with E-state index in [1.54, 1.807) is 31.0 Å². The predicted octanol–water partition coefficient (Wildman–Crippen LogP) is 1.04. The van der Waals surface area contributed by atoms with Gasteiger partial charge in [0.25, 0.3) is 5.91 Å². The van der Waals surface area contributed by atoms with E-state index in [1.165, 1.54) is 30.9 Å². The molecular formula is C20H18FN9O2. The molecule has 0 bridgehead atoms. The van der Waals surface area contributed by atoms with Crippen LogP contribution in [-0.4, -0.2) is 63.3 Å². The van der Waals surface area contributed by atoms with E-state index in [1.807, 2.05) is 0 Å². The number of carbonyl (C=O) groups is 1. The molecular weight excluding hydrogens is 417 g/mol. The van der Waals surface area contributed by atoms with E-state index >= 15 is 0 Å². The lowest BCUT2D eigenvalue weighted by Gasteiger charge is -2.12. The lowest BCUT2D eigenvalue weighted by Crippen LogP contribution is -2.35. The van der Waals surface area contributed by atoms with Crippen LogP contribution in [0.5, 0.6) is 0 Å². The average Bonchev–Trinajstić information content (AvgIpc) is 3.25. The average molecular weight is 435 g/mol. The Morgan fingerprint density at radius 3 is 2.34 bits per heavy atom. The second-order valence-electron chi connectivity index (χ2n) is 6.96. The lowest BCUT2D eigenvalue weighted by atomic mass is 10.2. The normalized spacial score (nSPS) is 11.9. The minimum absolute atomic E-state index is 0.116. The van der Waals surface area contributed by atoms with Gasteiger partial charge in [0.2, 0.25) is 0 Å². The van der Waals surface area contributed by atoms with Crippen LogP contribution in [0.15, 0.2) is 43.2 Å². The quantitative estimate of drug-likeness (QED) is 0.424. The summed E-state index contributed by atoms with van der Waals surface area (Å²) in [6.45, 7) is 1.47. The first kappa shape index (κ1) is 21.1. The first-order valence-corrected chi connectivity index (χ1v) is 9.53. The third kappa shape index (κ3) is 4.59. The molecule has 4 heterocycles. The summed E-state index contributed by atoms with van der Waals surface area (Å²) in [4.78, 5) is 37.1. The number of amides is 1. The Balaban J connectivity index is 1.72. The van der Waals surface area contributed by atoms with E-state index in [0.29, 0.717) is 34.0 Å². The number of aryl methyl sites for hydroxylation is 1. The van der Waals surface area contributed by atoms with E-state index in [-0.39, 0.29) is 12.3 Å². The Hall–Kier alpha value is -4.19. The summed E-state index contributed by atoms with van der Waals surface area (Å²) in [5.74, 6) is 0.153. The predicted molar refractivity (Wildman–Crippen MR) is 110 cm³/mol. The minimum atomic E-state index is -0.837. The lowest BCUT2D eigenvalue weighted by molar-refractivity contribution is 0.0917. The van der Waals surface area contributed by atoms with Crippen molar-refractivity contribution in [2.45, 2.75) is 13.0 Å². The maximum Gasteiger partial charge on any atom is 0.308 e. The number of aromatic nitrogens is 8. The van der Waals surface area contributed by atoms with Crippen molar-refractivity contribution in [1.82, 2.24) is 45.0 Å². The summed E-state index contributed by atoms with van der Waals surface area (Å²) in [5, 5.41) is 16.0. The van der Waals surface area contributed by atoms with E-state index in [9.17, 15) is 14.3 Å². The van der Waals surface area contributed by atoms with Crippen molar-refractivity contribution in [1.29, 1.82) is 0 Å². The molecule has 0 aliphatic carbocycles. The summed E-state index contributed by atoms with van der Waals surface area (Å²) in [6, 6.07) is 1.07. The first-order chi connectivity index (χ1) is 15.4. The summed E-state index contributed by atoms with van der Waals surface area (Å²) in [5.41, 5.74) is 2.15. The van der Waals surface area contributed by atoms with Gasteiger partial charge in [0.05, 0.1) is 29.6 Å². The van der Waals surface area contributed by atoms with Crippen molar-refractivity contribution in [3.63, 3.8) is 0 Å². The van der Waals surface area contributed by atoms with Gasteiger partial charge >= 0.3 is 6.08 Å². The van der Waals surface area contributed by atoms with Crippen LogP contribution < -0.4 is 5.32 Å². The molecule has 2 N–H and O–H groups in total. The molecule has 32 heavy (non-hydrogen) atoms. The van der Waals surface area contributed by atoms with Crippen molar-refractivity contribution in [2.75, 3.05) is 6.61 Å². The molecule has 0 aliphatic rings. The van der Waals surface area contributed by atoms with Crippen molar-refractivity contribution in [3.05, 3.63) is 55.0 Å². The Morgan fingerprint density at radius 2 is 1.72 bits per heavy atom. The number of aliphatic hydroxyl groups excluding tert-OH is 1. The van der Waals surface area contributed by atoms with Crippen LogP contribution in [0, 0.1) is 6.08 Å². The van der Waals surface area contributed by atoms with Gasteiger partial charge in [-0.2, -0.15) is 9.49 Å². The number of aliphatic hydroxyl groups is 1. The zero-order chi connectivity index (χ0) is 22.7. The number of nitrogens with one attached hydrogen (secondary N) is 1. The molecule has 4 aromatic rings. The molecule has 1 amide bonds. The smallest absolute Gasteiger partial charge is 0.308 e. The van der Waals surface area contributed by atoms with Crippen molar-refractivity contribution in [2.24, 2.45) is 7.05 Å².